The minimum absolute atomic E-state index is 0.000447. The van der Waals surface area contributed by atoms with Crippen LogP contribution in [0, 0.1) is 0 Å². The van der Waals surface area contributed by atoms with Crippen molar-refractivity contribution in [2.75, 3.05) is 28.2 Å². The van der Waals surface area contributed by atoms with Crippen LogP contribution in [-0.4, -0.2) is 45.9 Å². The first kappa shape index (κ1) is 15.8. The number of urea groups is 1. The van der Waals surface area contributed by atoms with E-state index in [4.69, 9.17) is 11.6 Å². The molecular weight excluding hydrogens is 344 g/mol. The molecule has 0 aromatic carbocycles. The van der Waals surface area contributed by atoms with Crippen LogP contribution in [0.3, 0.4) is 0 Å². The van der Waals surface area contributed by atoms with Crippen molar-refractivity contribution in [3.05, 3.63) is 35.4 Å². The number of hydrogen-bond acceptors (Lipinski definition) is 6. The number of nitrogens with one attached hydrogen (secondary N) is 1. The fraction of sp³-hybridized carbons (Fsp3) is 0.312. The smallest absolute Gasteiger partial charge is 0.329 e. The van der Waals surface area contributed by atoms with Gasteiger partial charge in [0.05, 0.1) is 11.7 Å². The SMILES string of the molecule is CC(=O)c1ccc2c(n1)N(C(=O)Nc1cc(Cl)ncn1)[C@H]1CCN2C1. The van der Waals surface area contributed by atoms with Gasteiger partial charge >= 0.3 is 6.03 Å². The molecule has 25 heavy (non-hydrogen) atoms. The molecule has 0 radical (unpaired) electrons. The third-order valence-electron chi connectivity index (χ3n) is 4.40. The summed E-state index contributed by atoms with van der Waals surface area (Å²) in [6, 6.07) is 4.67. The summed E-state index contributed by atoms with van der Waals surface area (Å²) in [5, 5.41) is 2.98. The van der Waals surface area contributed by atoms with E-state index in [1.165, 1.54) is 19.3 Å². The van der Waals surface area contributed by atoms with Gasteiger partial charge in [0.1, 0.15) is 23.0 Å². The Morgan fingerprint density at radius 3 is 2.92 bits per heavy atom. The zero-order valence-electron chi connectivity index (χ0n) is 13.4. The third-order valence-corrected chi connectivity index (χ3v) is 4.61. The van der Waals surface area contributed by atoms with Crippen LogP contribution in [0.4, 0.5) is 22.1 Å². The van der Waals surface area contributed by atoms with E-state index < -0.39 is 0 Å². The highest BCUT2D eigenvalue weighted by molar-refractivity contribution is 6.29. The van der Waals surface area contributed by atoms with Gasteiger partial charge in [-0.2, -0.15) is 0 Å². The Morgan fingerprint density at radius 2 is 2.16 bits per heavy atom. The number of carbonyl (C=O) groups excluding carboxylic acids is 2. The monoisotopic (exact) mass is 358 g/mol. The fourth-order valence-corrected chi connectivity index (χ4v) is 3.39. The predicted molar refractivity (Wildman–Crippen MR) is 93.4 cm³/mol. The molecule has 2 aromatic heterocycles. The summed E-state index contributed by atoms with van der Waals surface area (Å²) in [7, 11) is 0. The van der Waals surface area contributed by atoms with Gasteiger partial charge in [-0.05, 0) is 18.6 Å². The van der Waals surface area contributed by atoms with E-state index in [1.54, 1.807) is 11.0 Å². The van der Waals surface area contributed by atoms with Crippen molar-refractivity contribution in [2.24, 2.45) is 0 Å². The van der Waals surface area contributed by atoms with E-state index >= 15 is 0 Å². The Morgan fingerprint density at radius 1 is 1.32 bits per heavy atom. The number of ketones is 1. The minimum Gasteiger partial charge on any atom is -0.366 e. The van der Waals surface area contributed by atoms with E-state index in [9.17, 15) is 9.59 Å². The van der Waals surface area contributed by atoms with Crippen molar-refractivity contribution in [3.8, 4) is 0 Å². The number of hydrogen-bond donors (Lipinski definition) is 1. The van der Waals surface area contributed by atoms with Crippen LogP contribution in [0.25, 0.3) is 0 Å². The van der Waals surface area contributed by atoms with Gasteiger partial charge < -0.3 is 4.90 Å². The maximum absolute atomic E-state index is 12.9. The molecular formula is C16H15ClN6O2. The van der Waals surface area contributed by atoms with E-state index in [2.05, 4.69) is 25.2 Å². The summed E-state index contributed by atoms with van der Waals surface area (Å²) in [4.78, 5) is 40.6. The number of amides is 2. The molecule has 4 heterocycles. The lowest BCUT2D eigenvalue weighted by molar-refractivity contribution is 0.101. The molecule has 2 amide bonds. The molecule has 2 bridgehead atoms. The summed E-state index contributed by atoms with van der Waals surface area (Å²) in [6.45, 7) is 3.05. The molecule has 1 atom stereocenters. The van der Waals surface area contributed by atoms with Crippen LogP contribution < -0.4 is 15.1 Å². The van der Waals surface area contributed by atoms with Gasteiger partial charge in [0.15, 0.2) is 11.6 Å². The Hall–Kier alpha value is -2.74. The molecule has 1 N–H and O–H groups in total. The van der Waals surface area contributed by atoms with Crippen molar-refractivity contribution in [2.45, 2.75) is 19.4 Å². The number of rotatable bonds is 2. The molecule has 2 aromatic rings. The first-order chi connectivity index (χ1) is 12.0. The van der Waals surface area contributed by atoms with Crippen molar-refractivity contribution in [1.29, 1.82) is 0 Å². The van der Waals surface area contributed by atoms with E-state index in [-0.39, 0.29) is 23.0 Å². The van der Waals surface area contributed by atoms with Crippen molar-refractivity contribution in [1.82, 2.24) is 15.0 Å². The van der Waals surface area contributed by atoms with Gasteiger partial charge in [-0.3, -0.25) is 15.0 Å². The molecule has 0 unspecified atom stereocenters. The average molecular weight is 359 g/mol. The minimum atomic E-state index is -0.351. The maximum atomic E-state index is 12.9. The molecule has 2 aliphatic rings. The number of nitrogens with zero attached hydrogens (tertiary/aromatic N) is 5. The van der Waals surface area contributed by atoms with Gasteiger partial charge in [-0.15, -0.1) is 0 Å². The van der Waals surface area contributed by atoms with E-state index in [1.807, 2.05) is 6.07 Å². The van der Waals surface area contributed by atoms with Crippen LogP contribution in [0.1, 0.15) is 23.8 Å². The fourth-order valence-electron chi connectivity index (χ4n) is 3.24. The standard InChI is InChI=1S/C16H15ClN6O2/c1-9(24)11-2-3-12-15(20-11)23(10-4-5-22(12)7-10)16(25)21-14-6-13(17)18-8-19-14/h2-3,6,8,10H,4-5,7H2,1H3,(H,18,19,21,25)/t10-/m0/s1. The average Bonchev–Trinajstić information content (AvgIpc) is 2.99. The summed E-state index contributed by atoms with van der Waals surface area (Å²) in [6.07, 6.45) is 2.12. The number of Topliss-reactive ketones (excluding diaryl/α,β-unsaturated/α-hetero) is 1. The molecule has 0 saturated carbocycles. The number of carbonyl (C=O) groups is 2. The van der Waals surface area contributed by atoms with Gasteiger partial charge in [0.2, 0.25) is 0 Å². The summed E-state index contributed by atoms with van der Waals surface area (Å²) in [5.41, 5.74) is 1.19. The van der Waals surface area contributed by atoms with Crippen molar-refractivity contribution >= 4 is 40.7 Å². The molecule has 0 spiro atoms. The van der Waals surface area contributed by atoms with Crippen molar-refractivity contribution < 1.29 is 9.59 Å². The lowest BCUT2D eigenvalue weighted by atomic mass is 10.1. The zero-order chi connectivity index (χ0) is 17.6. The Balaban J connectivity index is 1.71. The highest BCUT2D eigenvalue weighted by atomic mass is 35.5. The number of halogens is 1. The first-order valence-corrected chi connectivity index (χ1v) is 8.25. The largest absolute Gasteiger partial charge is 0.366 e. The predicted octanol–water partition coefficient (Wildman–Crippen LogP) is 2.36. The van der Waals surface area contributed by atoms with Crippen molar-refractivity contribution in [3.63, 3.8) is 0 Å². The topological polar surface area (TPSA) is 91.3 Å². The number of fused-ring (bicyclic) bond motifs is 4. The normalized spacial score (nSPS) is 18.1. The summed E-state index contributed by atoms with van der Waals surface area (Å²) < 4.78 is 0. The van der Waals surface area contributed by atoms with Gasteiger partial charge in [-0.1, -0.05) is 11.6 Å². The van der Waals surface area contributed by atoms with Gasteiger partial charge in [0, 0.05) is 26.1 Å². The molecule has 0 aliphatic carbocycles. The second-order valence-corrected chi connectivity index (χ2v) is 6.40. The quantitative estimate of drug-likeness (QED) is 0.654. The Bertz CT molecular complexity index is 873. The molecule has 1 saturated heterocycles. The number of pyridine rings is 1. The first-order valence-electron chi connectivity index (χ1n) is 7.87. The third kappa shape index (κ3) is 2.78. The number of anilines is 3. The van der Waals surface area contributed by atoms with Crippen LogP contribution >= 0.6 is 11.6 Å². The highest BCUT2D eigenvalue weighted by Crippen LogP contribution is 2.39. The number of aromatic nitrogens is 3. The molecule has 8 nitrogen and oxygen atoms in total. The van der Waals surface area contributed by atoms with Crippen LogP contribution in [-0.2, 0) is 0 Å². The highest BCUT2D eigenvalue weighted by Gasteiger charge is 2.40. The summed E-state index contributed by atoms with van der Waals surface area (Å²) in [5.74, 6) is 0.674. The summed E-state index contributed by atoms with van der Waals surface area (Å²) >= 11 is 5.84. The maximum Gasteiger partial charge on any atom is 0.329 e. The zero-order valence-corrected chi connectivity index (χ0v) is 14.2. The second-order valence-electron chi connectivity index (χ2n) is 6.01. The molecule has 128 valence electrons. The molecule has 4 rings (SSSR count). The molecule has 2 aliphatic heterocycles. The van der Waals surface area contributed by atoms with Crippen LogP contribution in [0.15, 0.2) is 24.5 Å². The lowest BCUT2D eigenvalue weighted by Crippen LogP contribution is -2.48. The van der Waals surface area contributed by atoms with Gasteiger partial charge in [-0.25, -0.2) is 19.7 Å². The molecule has 1 fully saturated rings. The van der Waals surface area contributed by atoms with Crippen LogP contribution in [0.2, 0.25) is 5.15 Å². The second kappa shape index (κ2) is 5.96. The Kier molecular flexibility index (Phi) is 3.76. The van der Waals surface area contributed by atoms with Crippen LogP contribution in [0.5, 0.6) is 0 Å². The van der Waals surface area contributed by atoms with E-state index in [0.29, 0.717) is 17.3 Å². The van der Waals surface area contributed by atoms with Gasteiger partial charge in [0.25, 0.3) is 0 Å². The Labute approximate surface area is 148 Å². The molecule has 9 heteroatoms. The lowest BCUT2D eigenvalue weighted by Gasteiger charge is -2.35. The van der Waals surface area contributed by atoms with E-state index in [0.717, 1.165) is 25.2 Å².